The first-order valence-corrected chi connectivity index (χ1v) is 7.47. The molecule has 0 aromatic rings. The standard InChI is InChI=1S/C14H27N3O3/c1-14(2,3)20-13(18)17-6-4-16(5-7-17)8-9-19-12-10-15-11-12/h12,15H,4-11H2,1-3H3. The second-order valence-corrected chi connectivity index (χ2v) is 6.46. The van der Waals surface area contributed by atoms with Gasteiger partial charge in [0.1, 0.15) is 5.60 Å². The van der Waals surface area contributed by atoms with Crippen LogP contribution in [0.15, 0.2) is 0 Å². The van der Waals surface area contributed by atoms with Gasteiger partial charge in [-0.25, -0.2) is 4.79 Å². The van der Waals surface area contributed by atoms with Gasteiger partial charge in [0.05, 0.1) is 12.7 Å². The third-order valence-electron chi connectivity index (χ3n) is 3.53. The molecule has 0 spiro atoms. The van der Waals surface area contributed by atoms with Crippen molar-refractivity contribution in [3.05, 3.63) is 0 Å². The average Bonchev–Trinajstić information content (AvgIpc) is 2.31. The van der Waals surface area contributed by atoms with Gasteiger partial charge in [0, 0.05) is 45.8 Å². The molecule has 1 N–H and O–H groups in total. The Labute approximate surface area is 121 Å². The SMILES string of the molecule is CC(C)(C)OC(=O)N1CCN(CCOC2CNC2)CC1. The van der Waals surface area contributed by atoms with Crippen molar-refractivity contribution in [2.24, 2.45) is 0 Å². The van der Waals surface area contributed by atoms with E-state index in [4.69, 9.17) is 9.47 Å². The quantitative estimate of drug-likeness (QED) is 0.816. The van der Waals surface area contributed by atoms with Crippen LogP contribution in [0, 0.1) is 0 Å². The summed E-state index contributed by atoms with van der Waals surface area (Å²) in [7, 11) is 0. The summed E-state index contributed by atoms with van der Waals surface area (Å²) < 4.78 is 11.1. The Bertz CT molecular complexity index is 318. The fraction of sp³-hybridized carbons (Fsp3) is 0.929. The van der Waals surface area contributed by atoms with Crippen LogP contribution < -0.4 is 5.32 Å². The molecular weight excluding hydrogens is 258 g/mol. The molecule has 0 aromatic carbocycles. The Hall–Kier alpha value is -0.850. The van der Waals surface area contributed by atoms with Gasteiger partial charge >= 0.3 is 6.09 Å². The number of carbonyl (C=O) groups is 1. The van der Waals surface area contributed by atoms with Crippen molar-refractivity contribution in [1.82, 2.24) is 15.1 Å². The molecule has 2 aliphatic rings. The lowest BCUT2D eigenvalue weighted by molar-refractivity contribution is -0.00534. The van der Waals surface area contributed by atoms with E-state index in [9.17, 15) is 4.79 Å². The maximum atomic E-state index is 11.9. The van der Waals surface area contributed by atoms with E-state index < -0.39 is 5.60 Å². The molecule has 6 nitrogen and oxygen atoms in total. The van der Waals surface area contributed by atoms with Gasteiger partial charge < -0.3 is 19.7 Å². The van der Waals surface area contributed by atoms with Crippen molar-refractivity contribution in [3.8, 4) is 0 Å². The molecular formula is C14H27N3O3. The Kier molecular flexibility index (Phi) is 5.23. The predicted octanol–water partition coefficient (Wildman–Crippen LogP) is 0.528. The Morgan fingerprint density at radius 2 is 1.85 bits per heavy atom. The zero-order chi connectivity index (χ0) is 14.6. The second-order valence-electron chi connectivity index (χ2n) is 6.46. The summed E-state index contributed by atoms with van der Waals surface area (Å²) in [6.45, 7) is 12.6. The number of amides is 1. The summed E-state index contributed by atoms with van der Waals surface area (Å²) in [4.78, 5) is 16.1. The van der Waals surface area contributed by atoms with Gasteiger partial charge in [-0.15, -0.1) is 0 Å². The lowest BCUT2D eigenvalue weighted by atomic mass is 10.2. The molecule has 0 aromatic heterocycles. The number of rotatable bonds is 4. The number of ether oxygens (including phenoxy) is 2. The lowest BCUT2D eigenvalue weighted by Crippen LogP contribution is -2.52. The number of nitrogens with one attached hydrogen (secondary N) is 1. The van der Waals surface area contributed by atoms with E-state index >= 15 is 0 Å². The molecule has 2 aliphatic heterocycles. The largest absolute Gasteiger partial charge is 0.444 e. The molecule has 2 rings (SSSR count). The molecule has 0 radical (unpaired) electrons. The van der Waals surface area contributed by atoms with Crippen molar-refractivity contribution < 1.29 is 14.3 Å². The van der Waals surface area contributed by atoms with Gasteiger partial charge in [0.25, 0.3) is 0 Å². The molecule has 6 heteroatoms. The van der Waals surface area contributed by atoms with E-state index in [1.165, 1.54) is 0 Å². The molecule has 2 heterocycles. The summed E-state index contributed by atoms with van der Waals surface area (Å²) in [5, 5.41) is 3.19. The van der Waals surface area contributed by atoms with Crippen LogP contribution in [0.5, 0.6) is 0 Å². The van der Waals surface area contributed by atoms with Gasteiger partial charge in [-0.1, -0.05) is 0 Å². The fourth-order valence-electron chi connectivity index (χ4n) is 2.21. The first-order valence-electron chi connectivity index (χ1n) is 7.47. The highest BCUT2D eigenvalue weighted by Crippen LogP contribution is 2.11. The summed E-state index contributed by atoms with van der Waals surface area (Å²) in [6, 6.07) is 0. The molecule has 0 aliphatic carbocycles. The van der Waals surface area contributed by atoms with E-state index in [2.05, 4.69) is 10.2 Å². The first-order chi connectivity index (χ1) is 9.44. The Balaban J connectivity index is 1.60. The lowest BCUT2D eigenvalue weighted by Gasteiger charge is -2.36. The van der Waals surface area contributed by atoms with Crippen LogP contribution in [-0.2, 0) is 9.47 Å². The van der Waals surface area contributed by atoms with Gasteiger partial charge in [-0.2, -0.15) is 0 Å². The van der Waals surface area contributed by atoms with Gasteiger partial charge in [0.2, 0.25) is 0 Å². The van der Waals surface area contributed by atoms with Crippen LogP contribution in [-0.4, -0.2) is 80.0 Å². The maximum Gasteiger partial charge on any atom is 0.410 e. The van der Waals surface area contributed by atoms with E-state index in [1.54, 1.807) is 4.90 Å². The number of piperazine rings is 1. The second kappa shape index (κ2) is 6.74. The van der Waals surface area contributed by atoms with E-state index in [-0.39, 0.29) is 6.09 Å². The number of nitrogens with zero attached hydrogens (tertiary/aromatic N) is 2. The van der Waals surface area contributed by atoms with Gasteiger partial charge in [-0.05, 0) is 20.8 Å². The smallest absolute Gasteiger partial charge is 0.410 e. The molecule has 20 heavy (non-hydrogen) atoms. The van der Waals surface area contributed by atoms with Crippen LogP contribution in [0.1, 0.15) is 20.8 Å². The monoisotopic (exact) mass is 285 g/mol. The highest BCUT2D eigenvalue weighted by Gasteiger charge is 2.26. The molecule has 0 unspecified atom stereocenters. The minimum atomic E-state index is -0.418. The summed E-state index contributed by atoms with van der Waals surface area (Å²) in [5.74, 6) is 0. The van der Waals surface area contributed by atoms with Crippen molar-refractivity contribution in [3.63, 3.8) is 0 Å². The number of carbonyl (C=O) groups excluding carboxylic acids is 1. The molecule has 1 amide bonds. The molecule has 0 bridgehead atoms. The summed E-state index contributed by atoms with van der Waals surface area (Å²) >= 11 is 0. The molecule has 2 fully saturated rings. The van der Waals surface area contributed by atoms with Gasteiger partial charge in [0.15, 0.2) is 0 Å². The third-order valence-corrected chi connectivity index (χ3v) is 3.53. The Morgan fingerprint density at radius 1 is 1.20 bits per heavy atom. The molecule has 0 saturated carbocycles. The maximum absolute atomic E-state index is 11.9. The van der Waals surface area contributed by atoms with E-state index in [0.717, 1.165) is 52.4 Å². The minimum Gasteiger partial charge on any atom is -0.444 e. The topological polar surface area (TPSA) is 54.0 Å². The number of hydrogen-bond donors (Lipinski definition) is 1. The van der Waals surface area contributed by atoms with Crippen molar-refractivity contribution in [1.29, 1.82) is 0 Å². The molecule has 2 saturated heterocycles. The highest BCUT2D eigenvalue weighted by atomic mass is 16.6. The van der Waals surface area contributed by atoms with Crippen molar-refractivity contribution in [2.45, 2.75) is 32.5 Å². The zero-order valence-electron chi connectivity index (χ0n) is 12.9. The fourth-order valence-corrected chi connectivity index (χ4v) is 2.21. The molecule has 0 atom stereocenters. The van der Waals surface area contributed by atoms with Crippen LogP contribution in [0.25, 0.3) is 0 Å². The predicted molar refractivity (Wildman–Crippen MR) is 76.9 cm³/mol. The van der Waals surface area contributed by atoms with E-state index in [1.807, 2.05) is 20.8 Å². The van der Waals surface area contributed by atoms with Crippen LogP contribution >= 0.6 is 0 Å². The van der Waals surface area contributed by atoms with Crippen LogP contribution in [0.2, 0.25) is 0 Å². The normalized spacial score (nSPS) is 21.6. The first kappa shape index (κ1) is 15.5. The molecule has 116 valence electrons. The van der Waals surface area contributed by atoms with Gasteiger partial charge in [-0.3, -0.25) is 4.90 Å². The average molecular weight is 285 g/mol. The van der Waals surface area contributed by atoms with Crippen LogP contribution in [0.4, 0.5) is 4.79 Å². The Morgan fingerprint density at radius 3 is 2.35 bits per heavy atom. The summed E-state index contributed by atoms with van der Waals surface area (Å²) in [5.41, 5.74) is -0.418. The minimum absolute atomic E-state index is 0.200. The third kappa shape index (κ3) is 4.92. The van der Waals surface area contributed by atoms with Crippen molar-refractivity contribution in [2.75, 3.05) is 52.4 Å². The highest BCUT2D eigenvalue weighted by molar-refractivity contribution is 5.68. The van der Waals surface area contributed by atoms with Crippen LogP contribution in [0.3, 0.4) is 0 Å². The summed E-state index contributed by atoms with van der Waals surface area (Å²) in [6.07, 6.45) is 0.201. The number of hydrogen-bond acceptors (Lipinski definition) is 5. The van der Waals surface area contributed by atoms with Crippen molar-refractivity contribution >= 4 is 6.09 Å². The van der Waals surface area contributed by atoms with E-state index in [0.29, 0.717) is 6.10 Å². The zero-order valence-corrected chi connectivity index (χ0v) is 12.9.